The minimum Gasteiger partial charge on any atom is -0.507 e. The Morgan fingerprint density at radius 3 is 2.32 bits per heavy atom. The molecule has 8 heteroatoms. The van der Waals surface area contributed by atoms with Gasteiger partial charge in [0.15, 0.2) is 11.5 Å². The molecule has 1 saturated carbocycles. The summed E-state index contributed by atoms with van der Waals surface area (Å²) < 4.78 is 16.6. The first-order chi connectivity index (χ1) is 16.3. The van der Waals surface area contributed by atoms with Crippen LogP contribution in [0.3, 0.4) is 0 Å². The van der Waals surface area contributed by atoms with E-state index in [0.29, 0.717) is 22.1 Å². The maximum atomic E-state index is 13.4. The lowest BCUT2D eigenvalue weighted by molar-refractivity contribution is -0.141. The molecule has 2 aromatic rings. The van der Waals surface area contributed by atoms with E-state index in [9.17, 15) is 14.7 Å². The van der Waals surface area contributed by atoms with Crippen molar-refractivity contribution < 1.29 is 28.9 Å². The number of Topliss-reactive ketones (excluding diaryl/α,β-unsaturated/α-hetero) is 1. The zero-order valence-corrected chi connectivity index (χ0v) is 20.4. The normalized spacial score (nSPS) is 20.1. The second-order valence-electron chi connectivity index (χ2n) is 8.55. The van der Waals surface area contributed by atoms with Crippen LogP contribution in [0.4, 0.5) is 0 Å². The Labute approximate surface area is 203 Å². The highest BCUT2D eigenvalue weighted by atomic mass is 35.5. The molecule has 180 valence electrons. The lowest BCUT2D eigenvalue weighted by Crippen LogP contribution is -2.37. The number of benzene rings is 2. The maximum Gasteiger partial charge on any atom is 0.295 e. The largest absolute Gasteiger partial charge is 0.507 e. The number of para-hydroxylation sites is 1. The van der Waals surface area contributed by atoms with E-state index >= 15 is 0 Å². The van der Waals surface area contributed by atoms with Gasteiger partial charge in [-0.05, 0) is 43.5 Å². The summed E-state index contributed by atoms with van der Waals surface area (Å²) in [5.74, 6) is -0.627. The number of methoxy groups -OCH3 is 3. The summed E-state index contributed by atoms with van der Waals surface area (Å²) in [4.78, 5) is 28.4. The standard InChI is InChI=1S/C26H28ClNO6/c1-14-12-17(24(33-3)18(27)13-14)22(29)20-21(16-10-7-11-19(32-2)25(16)34-4)28(26(31)23(20)30)15-8-5-6-9-15/h7,10-13,15,21,29H,5-6,8-9H2,1-4H3/b22-20+. The summed E-state index contributed by atoms with van der Waals surface area (Å²) in [6.07, 6.45) is 3.51. The van der Waals surface area contributed by atoms with Gasteiger partial charge in [0.05, 0.1) is 43.5 Å². The van der Waals surface area contributed by atoms with E-state index in [2.05, 4.69) is 0 Å². The fourth-order valence-corrected chi connectivity index (χ4v) is 5.45. The van der Waals surface area contributed by atoms with Gasteiger partial charge in [0.1, 0.15) is 11.5 Å². The summed E-state index contributed by atoms with van der Waals surface area (Å²) >= 11 is 6.37. The Balaban J connectivity index is 2.02. The van der Waals surface area contributed by atoms with Crippen molar-refractivity contribution in [3.8, 4) is 17.2 Å². The van der Waals surface area contributed by atoms with Gasteiger partial charge in [0.25, 0.3) is 11.7 Å². The molecule has 4 rings (SSSR count). The predicted molar refractivity (Wildman–Crippen MR) is 129 cm³/mol. The molecular formula is C26H28ClNO6. The van der Waals surface area contributed by atoms with E-state index in [4.69, 9.17) is 25.8 Å². The molecule has 0 bridgehead atoms. The van der Waals surface area contributed by atoms with E-state index in [1.807, 2.05) is 6.92 Å². The van der Waals surface area contributed by atoms with E-state index in [1.54, 1.807) is 35.2 Å². The minimum absolute atomic E-state index is 0.0246. The Bertz CT molecular complexity index is 1170. The number of carbonyl (C=O) groups is 2. The van der Waals surface area contributed by atoms with E-state index in [0.717, 1.165) is 31.2 Å². The number of ether oxygens (including phenoxy) is 3. The summed E-state index contributed by atoms with van der Waals surface area (Å²) in [5, 5.41) is 11.8. The molecule has 7 nitrogen and oxygen atoms in total. The predicted octanol–water partition coefficient (Wildman–Crippen LogP) is 5.04. The van der Waals surface area contributed by atoms with Crippen LogP contribution in [-0.4, -0.2) is 49.1 Å². The van der Waals surface area contributed by atoms with Gasteiger partial charge in [-0.25, -0.2) is 0 Å². The number of likely N-dealkylation sites (tertiary alicyclic amines) is 1. The molecule has 1 unspecified atom stereocenters. The van der Waals surface area contributed by atoms with Crippen LogP contribution in [0.15, 0.2) is 35.9 Å². The summed E-state index contributed by atoms with van der Waals surface area (Å²) in [6.45, 7) is 1.82. The van der Waals surface area contributed by atoms with Gasteiger partial charge in [0.2, 0.25) is 0 Å². The molecule has 2 fully saturated rings. The number of amides is 1. The lowest BCUT2D eigenvalue weighted by atomic mass is 9.93. The van der Waals surface area contributed by atoms with Gasteiger partial charge in [-0.1, -0.05) is 36.6 Å². The van der Waals surface area contributed by atoms with Crippen molar-refractivity contribution in [2.45, 2.75) is 44.7 Å². The smallest absolute Gasteiger partial charge is 0.295 e. The summed E-state index contributed by atoms with van der Waals surface area (Å²) in [7, 11) is 4.47. The topological polar surface area (TPSA) is 85.3 Å². The summed E-state index contributed by atoms with van der Waals surface area (Å²) in [5.41, 5.74) is 1.56. The van der Waals surface area contributed by atoms with E-state index in [-0.39, 0.29) is 28.7 Å². The highest BCUT2D eigenvalue weighted by Crippen LogP contribution is 2.49. The first-order valence-electron chi connectivity index (χ1n) is 11.2. The van der Waals surface area contributed by atoms with Gasteiger partial charge in [0, 0.05) is 11.6 Å². The SMILES string of the molecule is COc1cccc(C2/C(=C(\O)c3cc(C)cc(Cl)c3OC)C(=O)C(=O)N2C2CCCC2)c1OC. The maximum absolute atomic E-state index is 13.4. The molecule has 1 aliphatic carbocycles. The molecule has 1 atom stereocenters. The first-order valence-corrected chi connectivity index (χ1v) is 11.6. The molecule has 34 heavy (non-hydrogen) atoms. The third kappa shape index (κ3) is 3.88. The lowest BCUT2D eigenvalue weighted by Gasteiger charge is -2.31. The van der Waals surface area contributed by atoms with Crippen molar-refractivity contribution in [2.75, 3.05) is 21.3 Å². The molecular weight excluding hydrogens is 458 g/mol. The Morgan fingerprint density at radius 2 is 1.71 bits per heavy atom. The summed E-state index contributed by atoms with van der Waals surface area (Å²) in [6, 6.07) is 7.72. The number of nitrogens with zero attached hydrogens (tertiary/aromatic N) is 1. The molecule has 0 radical (unpaired) electrons. The highest BCUT2D eigenvalue weighted by Gasteiger charge is 2.50. The molecule has 0 spiro atoms. The monoisotopic (exact) mass is 485 g/mol. The molecule has 2 aromatic carbocycles. The molecule has 0 aromatic heterocycles. The molecule has 1 heterocycles. The van der Waals surface area contributed by atoms with Crippen LogP contribution in [0.2, 0.25) is 5.02 Å². The van der Waals surface area contributed by atoms with Crippen LogP contribution in [-0.2, 0) is 9.59 Å². The third-order valence-corrected chi connectivity index (χ3v) is 6.85. The minimum atomic E-state index is -0.850. The van der Waals surface area contributed by atoms with E-state index in [1.165, 1.54) is 21.3 Å². The quantitative estimate of drug-likeness (QED) is 0.350. The van der Waals surface area contributed by atoms with Gasteiger partial charge in [-0.2, -0.15) is 0 Å². The van der Waals surface area contributed by atoms with Crippen molar-refractivity contribution in [2.24, 2.45) is 0 Å². The second kappa shape index (κ2) is 9.58. The van der Waals surface area contributed by atoms with Crippen molar-refractivity contribution in [1.82, 2.24) is 4.90 Å². The number of aryl methyl sites for hydroxylation is 1. The molecule has 1 amide bonds. The number of aliphatic hydroxyl groups excluding tert-OH is 1. The average molecular weight is 486 g/mol. The number of rotatable bonds is 6. The number of hydrogen-bond acceptors (Lipinski definition) is 6. The number of halogens is 1. The van der Waals surface area contributed by atoms with Crippen molar-refractivity contribution in [1.29, 1.82) is 0 Å². The molecule has 2 aliphatic rings. The zero-order valence-electron chi connectivity index (χ0n) is 19.7. The fourth-order valence-electron chi connectivity index (χ4n) is 5.10. The Morgan fingerprint density at radius 1 is 1.03 bits per heavy atom. The molecule has 1 N–H and O–H groups in total. The second-order valence-corrected chi connectivity index (χ2v) is 8.96. The van der Waals surface area contributed by atoms with Crippen LogP contribution in [0.5, 0.6) is 17.2 Å². The van der Waals surface area contributed by atoms with Gasteiger partial charge in [-0.15, -0.1) is 0 Å². The first kappa shape index (κ1) is 24.0. The van der Waals surface area contributed by atoms with Gasteiger partial charge in [-0.3, -0.25) is 9.59 Å². The van der Waals surface area contributed by atoms with Crippen LogP contribution >= 0.6 is 11.6 Å². The van der Waals surface area contributed by atoms with Crippen LogP contribution in [0.25, 0.3) is 5.76 Å². The Hall–Kier alpha value is -3.19. The van der Waals surface area contributed by atoms with Crippen molar-refractivity contribution in [3.63, 3.8) is 0 Å². The number of aliphatic hydroxyl groups is 1. The Kier molecular flexibility index (Phi) is 6.75. The zero-order chi connectivity index (χ0) is 24.6. The van der Waals surface area contributed by atoms with Crippen molar-refractivity contribution in [3.05, 3.63) is 57.6 Å². The van der Waals surface area contributed by atoms with Crippen LogP contribution in [0, 0.1) is 6.92 Å². The van der Waals surface area contributed by atoms with Crippen molar-refractivity contribution >= 4 is 29.1 Å². The van der Waals surface area contributed by atoms with E-state index < -0.39 is 17.7 Å². The highest BCUT2D eigenvalue weighted by molar-refractivity contribution is 6.47. The van der Waals surface area contributed by atoms with Crippen LogP contribution < -0.4 is 14.2 Å². The number of hydrogen-bond donors (Lipinski definition) is 1. The third-order valence-electron chi connectivity index (χ3n) is 6.57. The van der Waals surface area contributed by atoms with Crippen LogP contribution in [0.1, 0.15) is 48.4 Å². The fraction of sp³-hybridized carbons (Fsp3) is 0.385. The average Bonchev–Trinajstić information content (AvgIpc) is 3.44. The molecule has 1 saturated heterocycles. The molecule has 1 aliphatic heterocycles. The number of ketones is 1. The van der Waals surface area contributed by atoms with Gasteiger partial charge >= 0.3 is 0 Å². The number of carbonyl (C=O) groups excluding carboxylic acids is 2. The van der Waals surface area contributed by atoms with Gasteiger partial charge < -0.3 is 24.2 Å².